The zero-order chi connectivity index (χ0) is 15.0. The number of ether oxygens (including phenoxy) is 1. The van der Waals surface area contributed by atoms with E-state index in [2.05, 4.69) is 24.1 Å². The van der Waals surface area contributed by atoms with Crippen molar-refractivity contribution in [2.45, 2.75) is 19.4 Å². The van der Waals surface area contributed by atoms with E-state index in [-0.39, 0.29) is 5.54 Å². The highest BCUT2D eigenvalue weighted by molar-refractivity contribution is 6.35. The molecule has 1 N–H and O–H groups in total. The summed E-state index contributed by atoms with van der Waals surface area (Å²) in [6.45, 7) is 9.71. The van der Waals surface area contributed by atoms with E-state index in [1.54, 1.807) is 12.1 Å². The Morgan fingerprint density at radius 3 is 2.86 bits per heavy atom. The molecule has 116 valence electrons. The summed E-state index contributed by atoms with van der Waals surface area (Å²) in [6.07, 6.45) is 0. The minimum atomic E-state index is 0.237. The first-order valence-corrected chi connectivity index (χ1v) is 8.27. The lowest BCUT2D eigenvalue weighted by Crippen LogP contribution is -2.46. The van der Waals surface area contributed by atoms with Gasteiger partial charge in [-0.3, -0.25) is 4.90 Å². The highest BCUT2D eigenvalue weighted by Crippen LogP contribution is 2.40. The Bertz CT molecular complexity index is 521. The summed E-state index contributed by atoms with van der Waals surface area (Å²) in [7, 11) is 0. The Balaban J connectivity index is 1.56. The Labute approximate surface area is 136 Å². The molecule has 2 heterocycles. The van der Waals surface area contributed by atoms with Crippen LogP contribution in [0.3, 0.4) is 0 Å². The average molecular weight is 329 g/mol. The van der Waals surface area contributed by atoms with Crippen molar-refractivity contribution in [3.05, 3.63) is 28.2 Å². The van der Waals surface area contributed by atoms with Crippen LogP contribution < -0.4 is 10.1 Å². The monoisotopic (exact) mass is 328 g/mol. The van der Waals surface area contributed by atoms with Crippen LogP contribution >= 0.6 is 23.2 Å². The summed E-state index contributed by atoms with van der Waals surface area (Å²) >= 11 is 12.0. The highest BCUT2D eigenvalue weighted by Gasteiger charge is 2.49. The van der Waals surface area contributed by atoms with E-state index in [4.69, 9.17) is 27.9 Å². The number of halogens is 2. The summed E-state index contributed by atoms with van der Waals surface area (Å²) in [4.78, 5) is 2.55. The Morgan fingerprint density at radius 2 is 2.14 bits per heavy atom. The van der Waals surface area contributed by atoms with Gasteiger partial charge in [-0.05, 0) is 50.4 Å². The molecule has 2 fully saturated rings. The molecular formula is C16H22Cl2N2O. The lowest BCUT2D eigenvalue weighted by molar-refractivity contribution is 0.117. The van der Waals surface area contributed by atoms with Gasteiger partial charge >= 0.3 is 0 Å². The van der Waals surface area contributed by atoms with Crippen molar-refractivity contribution in [1.29, 1.82) is 0 Å². The van der Waals surface area contributed by atoms with E-state index in [9.17, 15) is 0 Å². The van der Waals surface area contributed by atoms with Crippen LogP contribution in [-0.2, 0) is 0 Å². The average Bonchev–Trinajstić information content (AvgIpc) is 2.96. The van der Waals surface area contributed by atoms with E-state index in [0.717, 1.165) is 38.0 Å². The van der Waals surface area contributed by atoms with Crippen molar-refractivity contribution in [2.24, 2.45) is 11.8 Å². The van der Waals surface area contributed by atoms with E-state index >= 15 is 0 Å². The number of rotatable bonds is 4. The molecule has 2 aliphatic rings. The minimum absolute atomic E-state index is 0.237. The van der Waals surface area contributed by atoms with Gasteiger partial charge in [-0.15, -0.1) is 0 Å². The summed E-state index contributed by atoms with van der Waals surface area (Å²) in [5.74, 6) is 2.23. The second-order valence-electron chi connectivity index (χ2n) is 6.55. The van der Waals surface area contributed by atoms with Crippen LogP contribution in [0.15, 0.2) is 18.2 Å². The van der Waals surface area contributed by atoms with Crippen LogP contribution in [0, 0.1) is 11.8 Å². The predicted molar refractivity (Wildman–Crippen MR) is 87.5 cm³/mol. The molecule has 5 heteroatoms. The Kier molecular flexibility index (Phi) is 4.37. The molecule has 0 saturated carbocycles. The molecule has 0 aliphatic carbocycles. The molecule has 2 aliphatic heterocycles. The van der Waals surface area contributed by atoms with Crippen molar-refractivity contribution in [3.63, 3.8) is 0 Å². The molecule has 3 nitrogen and oxygen atoms in total. The topological polar surface area (TPSA) is 24.5 Å². The fraction of sp³-hybridized carbons (Fsp3) is 0.625. The molecule has 3 rings (SSSR count). The van der Waals surface area contributed by atoms with Crippen molar-refractivity contribution in [3.8, 4) is 5.75 Å². The highest BCUT2D eigenvalue weighted by atomic mass is 35.5. The number of likely N-dealkylation sites (tertiary alicyclic amines) is 1. The summed E-state index contributed by atoms with van der Waals surface area (Å²) < 4.78 is 5.82. The minimum Gasteiger partial charge on any atom is -0.491 e. The second kappa shape index (κ2) is 5.96. The van der Waals surface area contributed by atoms with E-state index < -0.39 is 0 Å². The number of fused-ring (bicyclic) bond motifs is 1. The number of benzene rings is 1. The molecule has 0 radical (unpaired) electrons. The number of nitrogens with one attached hydrogen (secondary N) is 1. The van der Waals surface area contributed by atoms with Crippen molar-refractivity contribution in [1.82, 2.24) is 10.2 Å². The van der Waals surface area contributed by atoms with Gasteiger partial charge in [-0.25, -0.2) is 0 Å². The standard InChI is InChI=1S/C16H22Cl2N2O/c1-16(2)13-9-19-8-11(13)10-20(16)5-6-21-15-4-3-12(17)7-14(15)18/h3-4,7,11,13,19H,5-6,8-10H2,1-2H3. The summed E-state index contributed by atoms with van der Waals surface area (Å²) in [6, 6.07) is 5.35. The van der Waals surface area contributed by atoms with Gasteiger partial charge in [0.1, 0.15) is 12.4 Å². The van der Waals surface area contributed by atoms with Gasteiger partial charge < -0.3 is 10.1 Å². The molecule has 2 atom stereocenters. The first-order chi connectivity index (χ1) is 9.98. The zero-order valence-electron chi connectivity index (χ0n) is 12.5. The quantitative estimate of drug-likeness (QED) is 0.917. The SMILES string of the molecule is CC1(C)C2CNCC2CN1CCOc1ccc(Cl)cc1Cl. The summed E-state index contributed by atoms with van der Waals surface area (Å²) in [5, 5.41) is 4.71. The van der Waals surface area contributed by atoms with Gasteiger partial charge in [0.15, 0.2) is 0 Å². The van der Waals surface area contributed by atoms with E-state index in [1.165, 1.54) is 0 Å². The molecule has 0 aromatic heterocycles. The Hall–Kier alpha value is -0.480. The number of nitrogens with zero attached hydrogens (tertiary/aromatic N) is 1. The lowest BCUT2D eigenvalue weighted by Gasteiger charge is -2.35. The van der Waals surface area contributed by atoms with E-state index in [0.29, 0.717) is 22.4 Å². The maximum Gasteiger partial charge on any atom is 0.138 e. The fourth-order valence-corrected chi connectivity index (χ4v) is 4.20. The van der Waals surface area contributed by atoms with Gasteiger partial charge in [-0.1, -0.05) is 23.2 Å². The predicted octanol–water partition coefficient (Wildman–Crippen LogP) is 3.30. The van der Waals surface area contributed by atoms with Crippen LogP contribution in [0.2, 0.25) is 10.0 Å². The van der Waals surface area contributed by atoms with Crippen molar-refractivity contribution in [2.75, 3.05) is 32.8 Å². The largest absolute Gasteiger partial charge is 0.491 e. The summed E-state index contributed by atoms with van der Waals surface area (Å²) in [5.41, 5.74) is 0.237. The molecule has 0 spiro atoms. The number of hydrogen-bond acceptors (Lipinski definition) is 3. The van der Waals surface area contributed by atoms with Crippen LogP contribution in [0.1, 0.15) is 13.8 Å². The molecule has 2 saturated heterocycles. The van der Waals surface area contributed by atoms with Gasteiger partial charge in [0.25, 0.3) is 0 Å². The molecule has 1 aromatic rings. The van der Waals surface area contributed by atoms with Gasteiger partial charge in [-0.2, -0.15) is 0 Å². The molecule has 0 bridgehead atoms. The zero-order valence-corrected chi connectivity index (χ0v) is 14.0. The molecule has 0 amide bonds. The lowest BCUT2D eigenvalue weighted by atomic mass is 9.85. The van der Waals surface area contributed by atoms with Crippen LogP contribution in [0.5, 0.6) is 5.75 Å². The number of hydrogen-bond donors (Lipinski definition) is 1. The maximum absolute atomic E-state index is 6.13. The first-order valence-electron chi connectivity index (χ1n) is 7.52. The molecular weight excluding hydrogens is 307 g/mol. The third kappa shape index (κ3) is 3.02. The van der Waals surface area contributed by atoms with Crippen molar-refractivity contribution >= 4 is 23.2 Å². The molecule has 1 aromatic carbocycles. The fourth-order valence-electron chi connectivity index (χ4n) is 3.74. The second-order valence-corrected chi connectivity index (χ2v) is 7.39. The first kappa shape index (κ1) is 15.4. The van der Waals surface area contributed by atoms with Gasteiger partial charge in [0.05, 0.1) is 5.02 Å². The Morgan fingerprint density at radius 1 is 1.33 bits per heavy atom. The smallest absolute Gasteiger partial charge is 0.138 e. The van der Waals surface area contributed by atoms with Crippen LogP contribution in [0.4, 0.5) is 0 Å². The van der Waals surface area contributed by atoms with Crippen LogP contribution in [-0.4, -0.2) is 43.2 Å². The normalized spacial score (nSPS) is 27.8. The third-order valence-corrected chi connectivity index (χ3v) is 5.56. The van der Waals surface area contributed by atoms with Gasteiger partial charge in [0.2, 0.25) is 0 Å². The van der Waals surface area contributed by atoms with Gasteiger partial charge in [0, 0.05) is 30.2 Å². The van der Waals surface area contributed by atoms with E-state index in [1.807, 2.05) is 6.07 Å². The third-order valence-electron chi connectivity index (χ3n) is 5.03. The van der Waals surface area contributed by atoms with Crippen LogP contribution in [0.25, 0.3) is 0 Å². The molecule has 21 heavy (non-hydrogen) atoms. The maximum atomic E-state index is 6.13. The molecule has 2 unspecified atom stereocenters. The van der Waals surface area contributed by atoms with Crippen molar-refractivity contribution < 1.29 is 4.74 Å².